The summed E-state index contributed by atoms with van der Waals surface area (Å²) in [5, 5.41) is 12.8. The van der Waals surface area contributed by atoms with Gasteiger partial charge < -0.3 is 14.7 Å². The molecular weight excluding hydrogens is 294 g/mol. The van der Waals surface area contributed by atoms with Gasteiger partial charge in [0.25, 0.3) is 5.69 Å². The molecule has 0 radical (unpaired) electrons. The number of nitro benzene ring substituents is 1. The lowest BCUT2D eigenvalue weighted by atomic mass is 10.0. The van der Waals surface area contributed by atoms with E-state index in [0.29, 0.717) is 0 Å². The molecule has 0 atom stereocenters. The monoisotopic (exact) mass is 307 g/mol. The summed E-state index contributed by atoms with van der Waals surface area (Å²) in [4.78, 5) is 17.1. The number of ether oxygens (including phenoxy) is 1. The van der Waals surface area contributed by atoms with Crippen LogP contribution in [-0.4, -0.2) is 22.0 Å². The van der Waals surface area contributed by atoms with E-state index < -0.39 is 0 Å². The molecule has 2 heterocycles. The Morgan fingerprint density at radius 2 is 1.83 bits per heavy atom. The van der Waals surface area contributed by atoms with Gasteiger partial charge in [-0.05, 0) is 18.2 Å². The molecule has 114 valence electrons. The van der Waals surface area contributed by atoms with E-state index in [1.165, 1.54) is 6.07 Å². The Morgan fingerprint density at radius 3 is 2.61 bits per heavy atom. The molecule has 4 rings (SSSR count). The first-order valence-corrected chi connectivity index (χ1v) is 7.09. The van der Waals surface area contributed by atoms with E-state index in [9.17, 15) is 10.1 Å². The smallest absolute Gasteiger partial charge is 0.270 e. The number of hydrogen-bond donors (Lipinski definition) is 2. The minimum atomic E-state index is -0.383. The third-order valence-corrected chi connectivity index (χ3v) is 4.05. The van der Waals surface area contributed by atoms with Gasteiger partial charge in [0, 0.05) is 57.5 Å². The second-order valence-corrected chi connectivity index (χ2v) is 5.27. The number of hydrogen-bond acceptors (Lipinski definition) is 3. The number of nitrogens with zero attached hydrogens (tertiary/aromatic N) is 1. The lowest BCUT2D eigenvalue weighted by molar-refractivity contribution is -0.384. The van der Waals surface area contributed by atoms with Gasteiger partial charge in [-0.3, -0.25) is 10.1 Å². The predicted molar refractivity (Wildman–Crippen MR) is 88.8 cm³/mol. The quantitative estimate of drug-likeness (QED) is 0.439. The Balaban J connectivity index is 2.03. The molecule has 0 aliphatic rings. The fourth-order valence-electron chi connectivity index (χ4n) is 2.98. The van der Waals surface area contributed by atoms with Gasteiger partial charge in [0.15, 0.2) is 0 Å². The van der Waals surface area contributed by atoms with Crippen LogP contribution >= 0.6 is 0 Å². The van der Waals surface area contributed by atoms with Crippen molar-refractivity contribution in [2.24, 2.45) is 0 Å². The number of nitrogens with one attached hydrogen (secondary N) is 2. The predicted octanol–water partition coefficient (Wildman–Crippen LogP) is 4.23. The Morgan fingerprint density at radius 1 is 1.04 bits per heavy atom. The van der Waals surface area contributed by atoms with Crippen molar-refractivity contribution in [3.63, 3.8) is 0 Å². The van der Waals surface area contributed by atoms with E-state index >= 15 is 0 Å². The summed E-state index contributed by atoms with van der Waals surface area (Å²) in [6, 6.07) is 10.6. The third-order valence-electron chi connectivity index (χ3n) is 4.05. The normalized spacial score (nSPS) is 11.2. The number of nitro groups is 1. The second-order valence-electron chi connectivity index (χ2n) is 5.27. The lowest BCUT2D eigenvalue weighted by Crippen LogP contribution is -1.87. The molecule has 0 saturated heterocycles. The minimum Gasteiger partial charge on any atom is -0.496 e. The van der Waals surface area contributed by atoms with Crippen molar-refractivity contribution in [3.05, 3.63) is 58.9 Å². The van der Waals surface area contributed by atoms with Crippen molar-refractivity contribution in [3.8, 4) is 16.9 Å². The van der Waals surface area contributed by atoms with E-state index in [1.54, 1.807) is 19.2 Å². The first-order chi connectivity index (χ1) is 11.2. The van der Waals surface area contributed by atoms with E-state index in [-0.39, 0.29) is 10.6 Å². The molecule has 23 heavy (non-hydrogen) atoms. The molecule has 6 nitrogen and oxygen atoms in total. The number of H-pyrrole nitrogens is 2. The lowest BCUT2D eigenvalue weighted by Gasteiger charge is -2.04. The highest BCUT2D eigenvalue weighted by Crippen LogP contribution is 2.39. The highest BCUT2D eigenvalue weighted by Gasteiger charge is 2.16. The maximum Gasteiger partial charge on any atom is 0.270 e. The molecule has 6 heteroatoms. The standard InChI is InChI=1S/C17H13N3O3/c1-23-16-4-2-3-15-17(16)13(9-19-15)12-8-18-14-6-5-10(20(21)22)7-11(12)14/h2-9,18-19H,1H3. The molecule has 0 amide bonds. The van der Waals surface area contributed by atoms with Crippen LogP contribution in [0.25, 0.3) is 32.9 Å². The first-order valence-electron chi connectivity index (χ1n) is 7.09. The number of aromatic amines is 2. The van der Waals surface area contributed by atoms with Crippen LogP contribution in [0.3, 0.4) is 0 Å². The third kappa shape index (κ3) is 1.96. The van der Waals surface area contributed by atoms with Crippen molar-refractivity contribution in [1.29, 1.82) is 0 Å². The molecule has 0 fully saturated rings. The molecule has 4 aromatic rings. The molecule has 0 unspecified atom stereocenters. The SMILES string of the molecule is COc1cccc2[nH]cc(-c3c[nH]c4ccc([N+](=O)[O-])cc34)c12. The van der Waals surface area contributed by atoms with Gasteiger partial charge in [0.05, 0.1) is 12.0 Å². The molecule has 0 saturated carbocycles. The van der Waals surface area contributed by atoms with Gasteiger partial charge in [-0.1, -0.05) is 6.07 Å². The van der Waals surface area contributed by atoms with E-state index in [1.807, 2.05) is 30.6 Å². The van der Waals surface area contributed by atoms with Crippen LogP contribution < -0.4 is 4.74 Å². The van der Waals surface area contributed by atoms with Crippen LogP contribution in [0.5, 0.6) is 5.75 Å². The Bertz CT molecular complexity index is 1050. The summed E-state index contributed by atoms with van der Waals surface area (Å²) in [5.74, 6) is 0.763. The highest BCUT2D eigenvalue weighted by molar-refractivity contribution is 6.07. The number of aromatic nitrogens is 2. The van der Waals surface area contributed by atoms with Crippen molar-refractivity contribution in [1.82, 2.24) is 9.97 Å². The molecule has 0 aliphatic carbocycles. The second kappa shape index (κ2) is 4.88. The summed E-state index contributed by atoms with van der Waals surface area (Å²) in [7, 11) is 1.63. The minimum absolute atomic E-state index is 0.0742. The Hall–Kier alpha value is -3.28. The number of rotatable bonds is 3. The van der Waals surface area contributed by atoms with Crippen LogP contribution in [0, 0.1) is 10.1 Å². The van der Waals surface area contributed by atoms with Crippen LogP contribution in [0.4, 0.5) is 5.69 Å². The maximum atomic E-state index is 11.0. The molecule has 2 aromatic carbocycles. The highest BCUT2D eigenvalue weighted by atomic mass is 16.6. The zero-order chi connectivity index (χ0) is 16.0. The molecule has 0 aliphatic heterocycles. The van der Waals surface area contributed by atoms with Crippen molar-refractivity contribution >= 4 is 27.5 Å². The summed E-state index contributed by atoms with van der Waals surface area (Å²) in [5.41, 5.74) is 3.74. The van der Waals surface area contributed by atoms with Crippen molar-refractivity contribution < 1.29 is 9.66 Å². The van der Waals surface area contributed by atoms with Gasteiger partial charge in [-0.2, -0.15) is 0 Å². The largest absolute Gasteiger partial charge is 0.496 e. The van der Waals surface area contributed by atoms with Crippen LogP contribution in [-0.2, 0) is 0 Å². The number of methoxy groups -OCH3 is 1. The van der Waals surface area contributed by atoms with Gasteiger partial charge in [-0.15, -0.1) is 0 Å². The average molecular weight is 307 g/mol. The molecule has 0 spiro atoms. The Labute approximate surface area is 130 Å². The maximum absolute atomic E-state index is 11.0. The summed E-state index contributed by atoms with van der Waals surface area (Å²) in [6.07, 6.45) is 3.76. The summed E-state index contributed by atoms with van der Waals surface area (Å²) >= 11 is 0. The van der Waals surface area contributed by atoms with E-state index in [0.717, 1.165) is 38.7 Å². The van der Waals surface area contributed by atoms with Crippen molar-refractivity contribution in [2.45, 2.75) is 0 Å². The Kier molecular flexibility index (Phi) is 2.84. The van der Waals surface area contributed by atoms with Crippen LogP contribution in [0.2, 0.25) is 0 Å². The molecule has 2 N–H and O–H groups in total. The van der Waals surface area contributed by atoms with Gasteiger partial charge in [-0.25, -0.2) is 0 Å². The number of fused-ring (bicyclic) bond motifs is 2. The average Bonchev–Trinajstić information content (AvgIpc) is 3.17. The van der Waals surface area contributed by atoms with E-state index in [2.05, 4.69) is 9.97 Å². The molecule has 0 bridgehead atoms. The zero-order valence-corrected chi connectivity index (χ0v) is 12.3. The fraction of sp³-hybridized carbons (Fsp3) is 0.0588. The van der Waals surface area contributed by atoms with Gasteiger partial charge in [0.1, 0.15) is 5.75 Å². The summed E-state index contributed by atoms with van der Waals surface area (Å²) < 4.78 is 5.46. The number of benzene rings is 2. The van der Waals surface area contributed by atoms with Gasteiger partial charge >= 0.3 is 0 Å². The topological polar surface area (TPSA) is 84.0 Å². The fourth-order valence-corrected chi connectivity index (χ4v) is 2.98. The molecule has 2 aromatic heterocycles. The summed E-state index contributed by atoms with van der Waals surface area (Å²) in [6.45, 7) is 0. The van der Waals surface area contributed by atoms with Crippen LogP contribution in [0.15, 0.2) is 48.8 Å². The van der Waals surface area contributed by atoms with Gasteiger partial charge in [0.2, 0.25) is 0 Å². The van der Waals surface area contributed by atoms with Crippen molar-refractivity contribution in [2.75, 3.05) is 7.11 Å². The zero-order valence-electron chi connectivity index (χ0n) is 12.3. The molecular formula is C17H13N3O3. The van der Waals surface area contributed by atoms with Crippen LogP contribution in [0.1, 0.15) is 0 Å². The van der Waals surface area contributed by atoms with E-state index in [4.69, 9.17) is 4.74 Å². The first kappa shape index (κ1) is 13.4. The number of non-ortho nitro benzene ring substituents is 1.